The largest absolute Gasteiger partial charge is 0.466 e. The summed E-state index contributed by atoms with van der Waals surface area (Å²) in [6, 6.07) is -0.551. The highest BCUT2D eigenvalue weighted by atomic mass is 16.5. The van der Waals surface area contributed by atoms with Crippen LogP contribution in [0.5, 0.6) is 0 Å². The highest BCUT2D eigenvalue weighted by Gasteiger charge is 2.20. The zero-order valence-corrected chi connectivity index (χ0v) is 47.8. The van der Waals surface area contributed by atoms with Crippen LogP contribution in [-0.2, 0) is 14.3 Å². The van der Waals surface area contributed by atoms with Crippen molar-refractivity contribution in [1.82, 2.24) is 5.32 Å². The SMILES string of the molecule is CCCCCCCCCCCCCCCCCCCCCCCCCCCC(O)C(CO)NC(=O)CCCCCCCCCCCCCCCOC(=O)CCCCCCCCCCCCCCCCC. The number of aliphatic hydroxyl groups is 2. The minimum absolute atomic E-state index is 0.000684. The number of esters is 1. The summed E-state index contributed by atoms with van der Waals surface area (Å²) in [7, 11) is 0. The van der Waals surface area contributed by atoms with Gasteiger partial charge in [0.2, 0.25) is 5.91 Å². The molecule has 0 aromatic heterocycles. The number of hydrogen-bond donors (Lipinski definition) is 3. The molecule has 418 valence electrons. The molecule has 2 atom stereocenters. The molecule has 0 radical (unpaired) electrons. The van der Waals surface area contributed by atoms with Crippen LogP contribution in [0.2, 0.25) is 0 Å². The van der Waals surface area contributed by atoms with Gasteiger partial charge in [-0.25, -0.2) is 0 Å². The predicted octanol–water partition coefficient (Wildman–Crippen LogP) is 20.3. The van der Waals surface area contributed by atoms with Gasteiger partial charge >= 0.3 is 5.97 Å². The van der Waals surface area contributed by atoms with Crippen molar-refractivity contribution < 1.29 is 24.5 Å². The molecule has 0 spiro atoms. The second-order valence-electron chi connectivity index (χ2n) is 22.5. The summed E-state index contributed by atoms with van der Waals surface area (Å²) in [4.78, 5) is 24.6. The van der Waals surface area contributed by atoms with E-state index in [0.717, 1.165) is 51.4 Å². The average Bonchev–Trinajstić information content (AvgIpc) is 3.36. The Morgan fingerprint density at radius 2 is 0.586 bits per heavy atom. The van der Waals surface area contributed by atoms with E-state index in [0.29, 0.717) is 25.9 Å². The number of amides is 1. The Bertz CT molecular complexity index is 1010. The Morgan fingerprint density at radius 1 is 0.343 bits per heavy atom. The van der Waals surface area contributed by atoms with Crippen molar-refractivity contribution in [2.45, 2.75) is 386 Å². The number of aliphatic hydroxyl groups excluding tert-OH is 2. The van der Waals surface area contributed by atoms with Gasteiger partial charge in [0.05, 0.1) is 25.4 Å². The maximum Gasteiger partial charge on any atom is 0.305 e. The number of rotatable bonds is 61. The highest BCUT2D eigenvalue weighted by molar-refractivity contribution is 5.76. The summed E-state index contributed by atoms with van der Waals surface area (Å²) in [5, 5.41) is 23.4. The van der Waals surface area contributed by atoms with E-state index < -0.39 is 12.1 Å². The Labute approximate surface area is 438 Å². The lowest BCUT2D eigenvalue weighted by molar-refractivity contribution is -0.143. The quantitative estimate of drug-likeness (QED) is 0.0417. The molecule has 0 aromatic carbocycles. The van der Waals surface area contributed by atoms with Crippen molar-refractivity contribution in [2.24, 2.45) is 0 Å². The summed E-state index contributed by atoms with van der Waals surface area (Å²) < 4.78 is 5.48. The molecule has 0 aromatic rings. The fraction of sp³-hybridized carbons (Fsp3) is 0.969. The van der Waals surface area contributed by atoms with Crippen molar-refractivity contribution in [3.05, 3.63) is 0 Å². The molecule has 0 saturated heterocycles. The van der Waals surface area contributed by atoms with Gasteiger partial charge < -0.3 is 20.3 Å². The summed E-state index contributed by atoms with van der Waals surface area (Å²) in [5.74, 6) is -0.0428. The normalized spacial score (nSPS) is 12.5. The molecule has 0 aliphatic heterocycles. The second kappa shape index (κ2) is 60.4. The first-order chi connectivity index (χ1) is 34.5. The van der Waals surface area contributed by atoms with E-state index in [1.807, 2.05) is 0 Å². The molecule has 1 amide bonds. The lowest BCUT2D eigenvalue weighted by Crippen LogP contribution is -2.45. The molecule has 3 N–H and O–H groups in total. The first-order valence-electron chi connectivity index (χ1n) is 32.3. The van der Waals surface area contributed by atoms with E-state index >= 15 is 0 Å². The van der Waals surface area contributed by atoms with Gasteiger partial charge in [0.1, 0.15) is 0 Å². The molecule has 0 aliphatic rings. The maximum absolute atomic E-state index is 12.5. The number of ether oxygens (including phenoxy) is 1. The average molecular weight is 991 g/mol. The molecule has 0 fully saturated rings. The smallest absolute Gasteiger partial charge is 0.305 e. The lowest BCUT2D eigenvalue weighted by atomic mass is 10.0. The van der Waals surface area contributed by atoms with Crippen molar-refractivity contribution in [3.8, 4) is 0 Å². The minimum Gasteiger partial charge on any atom is -0.466 e. The third-order valence-corrected chi connectivity index (χ3v) is 15.4. The van der Waals surface area contributed by atoms with Crippen molar-refractivity contribution in [2.75, 3.05) is 13.2 Å². The first kappa shape index (κ1) is 68.9. The Morgan fingerprint density at radius 3 is 0.871 bits per heavy atom. The molecule has 6 heteroatoms. The standard InChI is InChI=1S/C64H127NO5/c1-3-5-7-9-11-13-15-17-19-20-21-22-23-24-25-26-27-28-30-32-36-40-44-48-52-56-62(67)61(60-66)65-63(68)57-53-49-45-41-37-33-31-35-39-43-47-51-55-59-70-64(69)58-54-50-46-42-38-34-29-18-16-14-12-10-8-6-4-2/h61-62,66-67H,3-60H2,1-2H3,(H,65,68). The molecule has 0 saturated carbocycles. The summed E-state index contributed by atoms with van der Waals surface area (Å²) in [6.07, 6.45) is 71.1. The number of unbranched alkanes of at least 4 members (excludes halogenated alkanes) is 50. The van der Waals surface area contributed by atoms with Gasteiger partial charge in [0.15, 0.2) is 0 Å². The first-order valence-corrected chi connectivity index (χ1v) is 32.3. The summed E-state index contributed by atoms with van der Waals surface area (Å²) in [5.41, 5.74) is 0. The summed E-state index contributed by atoms with van der Waals surface area (Å²) in [6.45, 7) is 4.97. The van der Waals surface area contributed by atoms with Gasteiger partial charge in [0, 0.05) is 12.8 Å². The molecule has 2 unspecified atom stereocenters. The Balaban J connectivity index is 3.41. The van der Waals surface area contributed by atoms with E-state index in [9.17, 15) is 19.8 Å². The van der Waals surface area contributed by atoms with Gasteiger partial charge in [-0.05, 0) is 25.7 Å². The van der Waals surface area contributed by atoms with E-state index in [4.69, 9.17) is 4.74 Å². The third kappa shape index (κ3) is 56.2. The van der Waals surface area contributed by atoms with Crippen LogP contribution in [0.25, 0.3) is 0 Å². The zero-order chi connectivity index (χ0) is 50.7. The van der Waals surface area contributed by atoms with Crippen molar-refractivity contribution >= 4 is 11.9 Å². The molecule has 0 bridgehead atoms. The van der Waals surface area contributed by atoms with Gasteiger partial charge in [-0.2, -0.15) is 0 Å². The third-order valence-electron chi connectivity index (χ3n) is 15.4. The Hall–Kier alpha value is -1.14. The number of nitrogens with one attached hydrogen (secondary N) is 1. The van der Waals surface area contributed by atoms with Crippen LogP contribution >= 0.6 is 0 Å². The zero-order valence-electron chi connectivity index (χ0n) is 47.8. The van der Waals surface area contributed by atoms with Crippen molar-refractivity contribution in [3.63, 3.8) is 0 Å². The summed E-state index contributed by atoms with van der Waals surface area (Å²) >= 11 is 0. The highest BCUT2D eigenvalue weighted by Crippen LogP contribution is 2.19. The maximum atomic E-state index is 12.5. The van der Waals surface area contributed by atoms with Crippen LogP contribution in [0, 0.1) is 0 Å². The topological polar surface area (TPSA) is 95.9 Å². The monoisotopic (exact) mass is 990 g/mol. The van der Waals surface area contributed by atoms with Crippen LogP contribution < -0.4 is 5.32 Å². The lowest BCUT2D eigenvalue weighted by Gasteiger charge is -2.22. The van der Waals surface area contributed by atoms with E-state index in [1.165, 1.54) is 289 Å². The van der Waals surface area contributed by atoms with Crippen LogP contribution in [0.1, 0.15) is 373 Å². The van der Waals surface area contributed by atoms with Crippen LogP contribution in [0.4, 0.5) is 0 Å². The molecule has 0 rings (SSSR count). The molecular weight excluding hydrogens is 863 g/mol. The van der Waals surface area contributed by atoms with E-state index in [-0.39, 0.29) is 18.5 Å². The van der Waals surface area contributed by atoms with Crippen LogP contribution in [0.15, 0.2) is 0 Å². The van der Waals surface area contributed by atoms with Gasteiger partial charge in [0.25, 0.3) is 0 Å². The molecule has 0 aliphatic carbocycles. The van der Waals surface area contributed by atoms with Crippen LogP contribution in [0.3, 0.4) is 0 Å². The van der Waals surface area contributed by atoms with Crippen molar-refractivity contribution in [1.29, 1.82) is 0 Å². The van der Waals surface area contributed by atoms with Gasteiger partial charge in [-0.1, -0.05) is 335 Å². The number of hydrogen-bond acceptors (Lipinski definition) is 5. The van der Waals surface area contributed by atoms with Gasteiger partial charge in [-0.3, -0.25) is 9.59 Å². The Kier molecular flexibility index (Phi) is 59.4. The number of carbonyl (C=O) groups is 2. The molecule has 0 heterocycles. The second-order valence-corrected chi connectivity index (χ2v) is 22.5. The predicted molar refractivity (Wildman–Crippen MR) is 306 cm³/mol. The van der Waals surface area contributed by atoms with E-state index in [2.05, 4.69) is 19.2 Å². The van der Waals surface area contributed by atoms with Gasteiger partial charge in [-0.15, -0.1) is 0 Å². The fourth-order valence-electron chi connectivity index (χ4n) is 10.5. The fourth-order valence-corrected chi connectivity index (χ4v) is 10.5. The number of carbonyl (C=O) groups excluding carboxylic acids is 2. The minimum atomic E-state index is -0.673. The molecule has 6 nitrogen and oxygen atoms in total. The van der Waals surface area contributed by atoms with E-state index in [1.54, 1.807) is 0 Å². The molecular formula is C64H127NO5. The van der Waals surface area contributed by atoms with Crippen LogP contribution in [-0.4, -0.2) is 47.4 Å². The molecule has 70 heavy (non-hydrogen) atoms.